The van der Waals surface area contributed by atoms with E-state index in [2.05, 4.69) is 10.3 Å². The quantitative estimate of drug-likeness (QED) is 0.837. The maximum atomic E-state index is 12.4. The van der Waals surface area contributed by atoms with Crippen LogP contribution >= 0.6 is 11.6 Å². The molecule has 1 N–H and O–H groups in total. The van der Waals surface area contributed by atoms with Crippen molar-refractivity contribution in [1.82, 2.24) is 14.9 Å². The molecule has 5 heteroatoms. The molecule has 0 bridgehead atoms. The first-order valence-corrected chi connectivity index (χ1v) is 6.40. The van der Waals surface area contributed by atoms with Gasteiger partial charge in [-0.05, 0) is 36.2 Å². The van der Waals surface area contributed by atoms with E-state index in [9.17, 15) is 4.79 Å². The molecule has 0 atom stereocenters. The highest BCUT2D eigenvalue weighted by molar-refractivity contribution is 6.28. The minimum atomic E-state index is -0.0445. The molecule has 94 valence electrons. The number of hydrogen-bond acceptors (Lipinski definition) is 3. The summed E-state index contributed by atoms with van der Waals surface area (Å²) in [6.45, 7) is 4.49. The Bertz CT molecular complexity index is 661. The van der Waals surface area contributed by atoms with Gasteiger partial charge in [-0.3, -0.25) is 9.36 Å². The zero-order valence-electron chi connectivity index (χ0n) is 10.1. The maximum absolute atomic E-state index is 12.4. The highest BCUT2D eigenvalue weighted by atomic mass is 35.5. The Hall–Kier alpha value is -1.39. The predicted octanol–water partition coefficient (Wildman–Crippen LogP) is 1.58. The van der Waals surface area contributed by atoms with Gasteiger partial charge in [-0.25, -0.2) is 4.98 Å². The van der Waals surface area contributed by atoms with Crippen LogP contribution in [0.5, 0.6) is 0 Å². The summed E-state index contributed by atoms with van der Waals surface area (Å²) in [5.41, 5.74) is 1.70. The molecule has 2 aromatic rings. The number of aryl methyl sites for hydroxylation is 1. The van der Waals surface area contributed by atoms with Gasteiger partial charge in [0.05, 0.1) is 10.9 Å². The molecule has 0 radical (unpaired) electrons. The number of halogens is 1. The Morgan fingerprint density at radius 3 is 2.94 bits per heavy atom. The van der Waals surface area contributed by atoms with E-state index >= 15 is 0 Å². The highest BCUT2D eigenvalue weighted by Crippen LogP contribution is 2.15. The first kappa shape index (κ1) is 11.7. The van der Waals surface area contributed by atoms with E-state index in [-0.39, 0.29) is 10.8 Å². The molecule has 2 heterocycles. The summed E-state index contributed by atoms with van der Waals surface area (Å²) in [6.07, 6.45) is 0. The number of aromatic nitrogens is 2. The lowest BCUT2D eigenvalue weighted by molar-refractivity contribution is 0.303. The molecule has 1 fully saturated rings. The van der Waals surface area contributed by atoms with E-state index in [0.29, 0.717) is 23.4 Å². The van der Waals surface area contributed by atoms with Crippen molar-refractivity contribution < 1.29 is 0 Å². The van der Waals surface area contributed by atoms with Crippen molar-refractivity contribution in [3.05, 3.63) is 39.4 Å². The fourth-order valence-corrected chi connectivity index (χ4v) is 2.43. The van der Waals surface area contributed by atoms with Crippen LogP contribution in [0, 0.1) is 12.8 Å². The molecule has 0 amide bonds. The van der Waals surface area contributed by atoms with Crippen LogP contribution in [0.25, 0.3) is 10.9 Å². The molecule has 1 aromatic carbocycles. The van der Waals surface area contributed by atoms with E-state index in [1.807, 2.05) is 25.1 Å². The van der Waals surface area contributed by atoms with Crippen LogP contribution in [0.2, 0.25) is 5.28 Å². The van der Waals surface area contributed by atoms with Gasteiger partial charge in [-0.15, -0.1) is 0 Å². The summed E-state index contributed by atoms with van der Waals surface area (Å²) in [6, 6.07) is 5.64. The lowest BCUT2D eigenvalue weighted by Crippen LogP contribution is -2.45. The zero-order chi connectivity index (χ0) is 12.7. The first-order chi connectivity index (χ1) is 8.65. The van der Waals surface area contributed by atoms with Crippen molar-refractivity contribution in [2.24, 2.45) is 5.92 Å². The number of nitrogens with zero attached hydrogens (tertiary/aromatic N) is 2. The third kappa shape index (κ3) is 1.91. The van der Waals surface area contributed by atoms with E-state index < -0.39 is 0 Å². The normalized spacial score (nSPS) is 15.9. The number of hydrogen-bond donors (Lipinski definition) is 1. The Morgan fingerprint density at radius 2 is 2.28 bits per heavy atom. The molecular formula is C13H14ClN3O. The Kier molecular flexibility index (Phi) is 2.84. The number of rotatable bonds is 2. The van der Waals surface area contributed by atoms with Crippen molar-refractivity contribution in [2.75, 3.05) is 13.1 Å². The van der Waals surface area contributed by atoms with E-state index in [4.69, 9.17) is 11.6 Å². The van der Waals surface area contributed by atoms with Gasteiger partial charge in [0.2, 0.25) is 5.28 Å². The van der Waals surface area contributed by atoms with Crippen LogP contribution in [0.15, 0.2) is 23.0 Å². The van der Waals surface area contributed by atoms with Crippen LogP contribution in [0.3, 0.4) is 0 Å². The zero-order valence-corrected chi connectivity index (χ0v) is 10.9. The number of fused-ring (bicyclic) bond motifs is 1. The average Bonchev–Trinajstić information content (AvgIpc) is 2.25. The van der Waals surface area contributed by atoms with E-state index in [0.717, 1.165) is 18.7 Å². The standard InChI is InChI=1S/C13H14ClN3O/c1-8-2-3-10-11(4-8)16-13(14)17(12(10)18)7-9-5-15-6-9/h2-4,9,15H,5-7H2,1H3. The molecular weight excluding hydrogens is 250 g/mol. The average molecular weight is 264 g/mol. The molecule has 1 aliphatic heterocycles. The molecule has 1 saturated heterocycles. The van der Waals surface area contributed by atoms with Crippen molar-refractivity contribution in [1.29, 1.82) is 0 Å². The fourth-order valence-electron chi connectivity index (χ4n) is 2.20. The monoisotopic (exact) mass is 263 g/mol. The molecule has 0 aliphatic carbocycles. The predicted molar refractivity (Wildman–Crippen MR) is 72.1 cm³/mol. The molecule has 4 nitrogen and oxygen atoms in total. The largest absolute Gasteiger partial charge is 0.316 e. The molecule has 3 rings (SSSR count). The van der Waals surface area contributed by atoms with Crippen LogP contribution in [0.1, 0.15) is 5.56 Å². The number of nitrogens with one attached hydrogen (secondary N) is 1. The number of benzene rings is 1. The van der Waals surface area contributed by atoms with Crippen molar-refractivity contribution in [3.63, 3.8) is 0 Å². The van der Waals surface area contributed by atoms with Crippen LogP contribution in [-0.2, 0) is 6.54 Å². The molecule has 18 heavy (non-hydrogen) atoms. The Morgan fingerprint density at radius 1 is 1.50 bits per heavy atom. The minimum Gasteiger partial charge on any atom is -0.316 e. The lowest BCUT2D eigenvalue weighted by atomic mass is 10.0. The molecule has 0 spiro atoms. The second kappa shape index (κ2) is 4.37. The summed E-state index contributed by atoms with van der Waals surface area (Å²) < 4.78 is 1.57. The summed E-state index contributed by atoms with van der Waals surface area (Å²) in [4.78, 5) is 16.7. The first-order valence-electron chi connectivity index (χ1n) is 6.02. The molecule has 0 saturated carbocycles. The van der Waals surface area contributed by atoms with Gasteiger partial charge in [0.15, 0.2) is 0 Å². The summed E-state index contributed by atoms with van der Waals surface area (Å²) in [5.74, 6) is 0.477. The van der Waals surface area contributed by atoms with Gasteiger partial charge in [0.1, 0.15) is 0 Å². The summed E-state index contributed by atoms with van der Waals surface area (Å²) in [5, 5.41) is 4.10. The SMILES string of the molecule is Cc1ccc2c(=O)n(CC3CNC3)c(Cl)nc2c1. The third-order valence-corrected chi connectivity index (χ3v) is 3.66. The fraction of sp³-hybridized carbons (Fsp3) is 0.385. The maximum Gasteiger partial charge on any atom is 0.262 e. The third-order valence-electron chi connectivity index (χ3n) is 3.37. The van der Waals surface area contributed by atoms with Crippen LogP contribution < -0.4 is 10.9 Å². The lowest BCUT2D eigenvalue weighted by Gasteiger charge is -2.27. The Balaban J connectivity index is 2.14. The van der Waals surface area contributed by atoms with E-state index in [1.165, 1.54) is 0 Å². The van der Waals surface area contributed by atoms with Crippen LogP contribution in [-0.4, -0.2) is 22.6 Å². The van der Waals surface area contributed by atoms with Gasteiger partial charge in [0, 0.05) is 25.6 Å². The Labute approximate surface area is 110 Å². The molecule has 1 aliphatic rings. The van der Waals surface area contributed by atoms with Gasteiger partial charge >= 0.3 is 0 Å². The topological polar surface area (TPSA) is 46.9 Å². The van der Waals surface area contributed by atoms with E-state index in [1.54, 1.807) is 4.57 Å². The smallest absolute Gasteiger partial charge is 0.262 e. The molecule has 0 unspecified atom stereocenters. The summed E-state index contributed by atoms with van der Waals surface area (Å²) >= 11 is 6.12. The molecule has 1 aromatic heterocycles. The summed E-state index contributed by atoms with van der Waals surface area (Å²) in [7, 11) is 0. The van der Waals surface area contributed by atoms with Crippen molar-refractivity contribution in [2.45, 2.75) is 13.5 Å². The van der Waals surface area contributed by atoms with Crippen molar-refractivity contribution >= 4 is 22.5 Å². The second-order valence-corrected chi connectivity index (χ2v) is 5.18. The van der Waals surface area contributed by atoms with Gasteiger partial charge in [0.25, 0.3) is 5.56 Å². The van der Waals surface area contributed by atoms with Crippen LogP contribution in [0.4, 0.5) is 0 Å². The van der Waals surface area contributed by atoms with Gasteiger partial charge in [-0.2, -0.15) is 0 Å². The van der Waals surface area contributed by atoms with Gasteiger partial charge in [-0.1, -0.05) is 6.07 Å². The van der Waals surface area contributed by atoms with Gasteiger partial charge < -0.3 is 5.32 Å². The second-order valence-electron chi connectivity index (χ2n) is 4.84. The minimum absolute atomic E-state index is 0.0445. The van der Waals surface area contributed by atoms with Crippen molar-refractivity contribution in [3.8, 4) is 0 Å². The highest BCUT2D eigenvalue weighted by Gasteiger charge is 2.20.